The molecule has 0 bridgehead atoms. The van der Waals surface area contributed by atoms with Gasteiger partial charge in [-0.05, 0) is 37.3 Å². The Morgan fingerprint density at radius 3 is 2.79 bits per heavy atom. The van der Waals surface area contributed by atoms with Gasteiger partial charge in [0.25, 0.3) is 0 Å². The van der Waals surface area contributed by atoms with E-state index >= 15 is 0 Å². The Morgan fingerprint density at radius 1 is 1.43 bits per heavy atom. The zero-order valence-corrected chi connectivity index (χ0v) is 8.52. The van der Waals surface area contributed by atoms with Crippen LogP contribution in [-0.4, -0.2) is 6.54 Å². The van der Waals surface area contributed by atoms with Gasteiger partial charge < -0.3 is 5.32 Å². The highest BCUT2D eigenvalue weighted by Gasteiger charge is 2.17. The Morgan fingerprint density at radius 2 is 2.21 bits per heavy atom. The Bertz CT molecular complexity index is 298. The lowest BCUT2D eigenvalue weighted by Crippen LogP contribution is -2.21. The van der Waals surface area contributed by atoms with Crippen molar-refractivity contribution < 1.29 is 4.39 Å². The standard InChI is InChI=1S/C12H16FN/c1-9-4-2-7-11(13)12(9)14-8-10-5-3-6-10/h2,4,7,10,14H,3,5-6,8H2,1H3. The maximum Gasteiger partial charge on any atom is 0.146 e. The summed E-state index contributed by atoms with van der Waals surface area (Å²) in [4.78, 5) is 0. The van der Waals surface area contributed by atoms with Crippen molar-refractivity contribution in [2.24, 2.45) is 5.92 Å². The Hall–Kier alpha value is -1.05. The first kappa shape index (κ1) is 9.50. The third-order valence-corrected chi connectivity index (χ3v) is 3.01. The predicted octanol–water partition coefficient (Wildman–Crippen LogP) is 3.35. The van der Waals surface area contributed by atoms with Crippen LogP contribution >= 0.6 is 0 Å². The minimum atomic E-state index is -0.135. The zero-order valence-electron chi connectivity index (χ0n) is 8.52. The van der Waals surface area contributed by atoms with Crippen molar-refractivity contribution >= 4 is 5.69 Å². The van der Waals surface area contributed by atoms with Crippen LogP contribution in [0.1, 0.15) is 24.8 Å². The summed E-state index contributed by atoms with van der Waals surface area (Å²) in [5.74, 6) is 0.623. The van der Waals surface area contributed by atoms with Gasteiger partial charge >= 0.3 is 0 Å². The molecule has 0 radical (unpaired) electrons. The van der Waals surface area contributed by atoms with Crippen LogP contribution < -0.4 is 5.32 Å². The summed E-state index contributed by atoms with van der Waals surface area (Å²) in [6.07, 6.45) is 3.92. The third-order valence-electron chi connectivity index (χ3n) is 3.01. The molecule has 0 aromatic heterocycles. The van der Waals surface area contributed by atoms with Gasteiger partial charge in [-0.2, -0.15) is 0 Å². The van der Waals surface area contributed by atoms with Crippen molar-refractivity contribution in [3.8, 4) is 0 Å². The van der Waals surface area contributed by atoms with E-state index in [1.165, 1.54) is 25.3 Å². The average molecular weight is 193 g/mol. The maximum atomic E-state index is 13.4. The molecule has 1 nitrogen and oxygen atoms in total. The summed E-state index contributed by atoms with van der Waals surface area (Å²) in [6.45, 7) is 2.86. The minimum absolute atomic E-state index is 0.135. The summed E-state index contributed by atoms with van der Waals surface area (Å²) < 4.78 is 13.4. The van der Waals surface area contributed by atoms with Gasteiger partial charge in [-0.25, -0.2) is 4.39 Å². The van der Waals surface area contributed by atoms with Crippen molar-refractivity contribution in [3.05, 3.63) is 29.6 Å². The van der Waals surface area contributed by atoms with Crippen molar-refractivity contribution in [3.63, 3.8) is 0 Å². The molecule has 1 aromatic carbocycles. The van der Waals surface area contributed by atoms with Crippen LogP contribution in [0.4, 0.5) is 10.1 Å². The van der Waals surface area contributed by atoms with Gasteiger partial charge in [0.1, 0.15) is 5.82 Å². The van der Waals surface area contributed by atoms with Crippen molar-refractivity contribution in [1.82, 2.24) is 0 Å². The Balaban J connectivity index is 2.00. The fraction of sp³-hybridized carbons (Fsp3) is 0.500. The van der Waals surface area contributed by atoms with Gasteiger partial charge in [0.05, 0.1) is 5.69 Å². The predicted molar refractivity (Wildman–Crippen MR) is 57.0 cm³/mol. The SMILES string of the molecule is Cc1cccc(F)c1NCC1CCC1. The first-order valence-corrected chi connectivity index (χ1v) is 5.26. The van der Waals surface area contributed by atoms with Crippen LogP contribution in [-0.2, 0) is 0 Å². The van der Waals surface area contributed by atoms with E-state index in [1.807, 2.05) is 13.0 Å². The molecule has 1 aliphatic carbocycles. The number of anilines is 1. The molecule has 14 heavy (non-hydrogen) atoms. The monoisotopic (exact) mass is 193 g/mol. The summed E-state index contributed by atoms with van der Waals surface area (Å²) >= 11 is 0. The molecular weight excluding hydrogens is 177 g/mol. The first-order valence-electron chi connectivity index (χ1n) is 5.26. The van der Waals surface area contributed by atoms with E-state index < -0.39 is 0 Å². The van der Waals surface area contributed by atoms with Crippen LogP contribution in [0, 0.1) is 18.7 Å². The fourth-order valence-corrected chi connectivity index (χ4v) is 1.80. The van der Waals surface area contributed by atoms with E-state index in [0.29, 0.717) is 5.69 Å². The molecule has 0 atom stereocenters. The minimum Gasteiger partial charge on any atom is -0.382 e. The summed E-state index contributed by atoms with van der Waals surface area (Å²) in [5.41, 5.74) is 1.67. The van der Waals surface area contributed by atoms with Crippen LogP contribution in [0.5, 0.6) is 0 Å². The second kappa shape index (κ2) is 3.99. The number of aryl methyl sites for hydroxylation is 1. The van der Waals surface area contributed by atoms with Gasteiger partial charge in [0.2, 0.25) is 0 Å². The molecule has 0 spiro atoms. The van der Waals surface area contributed by atoms with E-state index in [1.54, 1.807) is 6.07 Å². The molecule has 0 amide bonds. The molecule has 0 aliphatic heterocycles. The lowest BCUT2D eigenvalue weighted by atomic mass is 9.85. The first-order chi connectivity index (χ1) is 6.77. The van der Waals surface area contributed by atoms with E-state index in [2.05, 4.69) is 5.32 Å². The molecule has 1 N–H and O–H groups in total. The smallest absolute Gasteiger partial charge is 0.146 e. The van der Waals surface area contributed by atoms with Gasteiger partial charge in [-0.3, -0.25) is 0 Å². The van der Waals surface area contributed by atoms with Crippen LogP contribution in [0.2, 0.25) is 0 Å². The van der Waals surface area contributed by atoms with Crippen LogP contribution in [0.3, 0.4) is 0 Å². The number of hydrogen-bond acceptors (Lipinski definition) is 1. The van der Waals surface area contributed by atoms with E-state index in [4.69, 9.17) is 0 Å². The number of benzene rings is 1. The van der Waals surface area contributed by atoms with E-state index in [-0.39, 0.29) is 5.82 Å². The van der Waals surface area contributed by atoms with Crippen molar-refractivity contribution in [2.45, 2.75) is 26.2 Å². The molecule has 0 unspecified atom stereocenters. The lowest BCUT2D eigenvalue weighted by molar-refractivity contribution is 0.333. The highest BCUT2D eigenvalue weighted by Crippen LogP contribution is 2.27. The number of rotatable bonds is 3. The third kappa shape index (κ3) is 1.89. The maximum absolute atomic E-state index is 13.4. The molecule has 1 saturated carbocycles. The quantitative estimate of drug-likeness (QED) is 0.776. The van der Waals surface area contributed by atoms with E-state index in [9.17, 15) is 4.39 Å². The van der Waals surface area contributed by atoms with Crippen LogP contribution in [0.15, 0.2) is 18.2 Å². The number of nitrogens with one attached hydrogen (secondary N) is 1. The number of para-hydroxylation sites is 1. The molecule has 0 heterocycles. The highest BCUT2D eigenvalue weighted by atomic mass is 19.1. The highest BCUT2D eigenvalue weighted by molar-refractivity contribution is 5.51. The fourth-order valence-electron chi connectivity index (χ4n) is 1.80. The molecular formula is C12H16FN. The lowest BCUT2D eigenvalue weighted by Gasteiger charge is -2.26. The second-order valence-corrected chi connectivity index (χ2v) is 4.11. The zero-order chi connectivity index (χ0) is 9.97. The molecule has 2 rings (SSSR count). The number of hydrogen-bond donors (Lipinski definition) is 1. The molecule has 1 aromatic rings. The van der Waals surface area contributed by atoms with Crippen molar-refractivity contribution in [2.75, 3.05) is 11.9 Å². The normalized spacial score (nSPS) is 16.4. The summed E-state index contributed by atoms with van der Waals surface area (Å²) in [6, 6.07) is 5.20. The molecule has 1 aliphatic rings. The van der Waals surface area contributed by atoms with Gasteiger partial charge in [-0.15, -0.1) is 0 Å². The van der Waals surface area contributed by atoms with Crippen molar-refractivity contribution in [1.29, 1.82) is 0 Å². The topological polar surface area (TPSA) is 12.0 Å². The molecule has 76 valence electrons. The molecule has 2 heteroatoms. The largest absolute Gasteiger partial charge is 0.382 e. The summed E-state index contributed by atoms with van der Waals surface area (Å²) in [7, 11) is 0. The molecule has 0 saturated heterocycles. The Labute approximate surface area is 84.3 Å². The van der Waals surface area contributed by atoms with Gasteiger partial charge in [0, 0.05) is 6.54 Å². The summed E-state index contributed by atoms with van der Waals surface area (Å²) in [5, 5.41) is 3.21. The average Bonchev–Trinajstić information content (AvgIpc) is 2.07. The van der Waals surface area contributed by atoms with E-state index in [0.717, 1.165) is 18.0 Å². The Kier molecular flexibility index (Phi) is 2.71. The van der Waals surface area contributed by atoms with Gasteiger partial charge in [0.15, 0.2) is 0 Å². The second-order valence-electron chi connectivity index (χ2n) is 4.11. The van der Waals surface area contributed by atoms with Crippen LogP contribution in [0.25, 0.3) is 0 Å². The van der Waals surface area contributed by atoms with Gasteiger partial charge in [-0.1, -0.05) is 18.6 Å². The number of halogens is 1. The molecule has 1 fully saturated rings.